The predicted octanol–water partition coefficient (Wildman–Crippen LogP) is 2.16. The van der Waals surface area contributed by atoms with E-state index in [0.717, 1.165) is 32.4 Å². The van der Waals surface area contributed by atoms with Crippen LogP contribution in [0.15, 0.2) is 0 Å². The summed E-state index contributed by atoms with van der Waals surface area (Å²) in [6.45, 7) is 6.05. The Balaban J connectivity index is 2.33. The van der Waals surface area contributed by atoms with Gasteiger partial charge in [-0.05, 0) is 52.6 Å². The highest BCUT2D eigenvalue weighted by Crippen LogP contribution is 2.26. The summed E-state index contributed by atoms with van der Waals surface area (Å²) in [5, 5.41) is 13.0. The first-order chi connectivity index (χ1) is 9.06. The molecule has 19 heavy (non-hydrogen) atoms. The van der Waals surface area contributed by atoms with Crippen LogP contribution in [0.2, 0.25) is 0 Å². The minimum atomic E-state index is -0.313. The average molecular weight is 267 g/mol. The predicted molar refractivity (Wildman–Crippen MR) is 78.0 cm³/mol. The Bertz CT molecular complexity index is 298. The Labute approximate surface area is 118 Å². The van der Waals surface area contributed by atoms with Crippen LogP contribution in [-0.4, -0.2) is 49.8 Å². The molecule has 0 aromatic carbocycles. The summed E-state index contributed by atoms with van der Waals surface area (Å²) in [5.41, 5.74) is -0.313. The summed E-state index contributed by atoms with van der Waals surface area (Å²) in [7, 11) is 3.86. The maximum Gasteiger partial charge on any atom is 0.106 e. The maximum absolute atomic E-state index is 9.47. The highest BCUT2D eigenvalue weighted by atomic mass is 16.5. The van der Waals surface area contributed by atoms with Gasteiger partial charge in [-0.25, -0.2) is 0 Å². The fourth-order valence-corrected chi connectivity index (χ4v) is 2.36. The molecule has 1 saturated carbocycles. The zero-order chi connectivity index (χ0) is 14.3. The molecule has 1 aliphatic carbocycles. The topological polar surface area (TPSA) is 48.3 Å². The zero-order valence-corrected chi connectivity index (χ0v) is 12.9. The highest BCUT2D eigenvalue weighted by Gasteiger charge is 2.34. The minimum Gasteiger partial charge on any atom is -0.383 e. The molecule has 0 heterocycles. The molecule has 0 amide bonds. The number of rotatable bonds is 10. The molecule has 0 bridgehead atoms. The van der Waals surface area contributed by atoms with Crippen LogP contribution in [0.3, 0.4) is 0 Å². The first-order valence-corrected chi connectivity index (χ1v) is 7.45. The van der Waals surface area contributed by atoms with Gasteiger partial charge < -0.3 is 9.64 Å². The summed E-state index contributed by atoms with van der Waals surface area (Å²) in [6, 6.07) is 3.53. The molecule has 2 atom stereocenters. The van der Waals surface area contributed by atoms with Crippen molar-refractivity contribution in [1.82, 2.24) is 10.2 Å². The van der Waals surface area contributed by atoms with Crippen molar-refractivity contribution in [3.8, 4) is 6.07 Å². The second kappa shape index (κ2) is 7.84. The van der Waals surface area contributed by atoms with Crippen LogP contribution in [-0.2, 0) is 4.74 Å². The SMILES string of the molecule is CCC(C#N)(CCCN(C)C(C)COC)NC1CC1. The molecule has 0 saturated heterocycles. The van der Waals surface area contributed by atoms with Gasteiger partial charge in [0.05, 0.1) is 12.7 Å². The molecule has 0 aliphatic heterocycles. The fraction of sp³-hybridized carbons (Fsp3) is 0.933. The van der Waals surface area contributed by atoms with Gasteiger partial charge in [0, 0.05) is 19.2 Å². The molecule has 0 aromatic heterocycles. The molecule has 4 heteroatoms. The van der Waals surface area contributed by atoms with E-state index in [-0.39, 0.29) is 5.54 Å². The summed E-state index contributed by atoms with van der Waals surface area (Å²) >= 11 is 0. The number of nitrogens with zero attached hydrogens (tertiary/aromatic N) is 2. The Kier molecular flexibility index (Phi) is 6.78. The van der Waals surface area contributed by atoms with E-state index >= 15 is 0 Å². The minimum absolute atomic E-state index is 0.313. The lowest BCUT2D eigenvalue weighted by Crippen LogP contribution is -2.45. The molecular formula is C15H29N3O. The monoisotopic (exact) mass is 267 g/mol. The first kappa shape index (κ1) is 16.4. The van der Waals surface area contributed by atoms with Crippen LogP contribution in [0, 0.1) is 11.3 Å². The van der Waals surface area contributed by atoms with E-state index in [1.807, 2.05) is 0 Å². The van der Waals surface area contributed by atoms with Gasteiger partial charge in [0.25, 0.3) is 0 Å². The first-order valence-electron chi connectivity index (χ1n) is 7.45. The van der Waals surface area contributed by atoms with E-state index in [4.69, 9.17) is 4.74 Å². The summed E-state index contributed by atoms with van der Waals surface area (Å²) < 4.78 is 5.17. The van der Waals surface area contributed by atoms with Crippen molar-refractivity contribution in [2.24, 2.45) is 0 Å². The average Bonchev–Trinajstić information content (AvgIpc) is 3.21. The standard InChI is InChI=1S/C15H29N3O/c1-5-15(12-16,17-14-7-8-14)9-6-10-18(3)13(2)11-19-4/h13-14,17H,5-11H2,1-4H3. The second-order valence-electron chi connectivity index (χ2n) is 5.85. The lowest BCUT2D eigenvalue weighted by molar-refractivity contribution is 0.113. The van der Waals surface area contributed by atoms with Crippen molar-refractivity contribution < 1.29 is 4.74 Å². The van der Waals surface area contributed by atoms with E-state index in [0.29, 0.717) is 12.1 Å². The number of methoxy groups -OCH3 is 1. The summed E-state index contributed by atoms with van der Waals surface area (Å²) in [4.78, 5) is 2.30. The van der Waals surface area contributed by atoms with Gasteiger partial charge in [-0.1, -0.05) is 6.92 Å². The number of likely N-dealkylation sites (N-methyl/N-ethyl adjacent to an activating group) is 1. The van der Waals surface area contributed by atoms with Crippen molar-refractivity contribution in [1.29, 1.82) is 5.26 Å². The van der Waals surface area contributed by atoms with Gasteiger partial charge in [-0.15, -0.1) is 0 Å². The van der Waals surface area contributed by atoms with Crippen LogP contribution in [0.25, 0.3) is 0 Å². The van der Waals surface area contributed by atoms with Crippen LogP contribution < -0.4 is 5.32 Å². The molecule has 4 nitrogen and oxygen atoms in total. The van der Waals surface area contributed by atoms with E-state index in [1.54, 1.807) is 7.11 Å². The third-order valence-corrected chi connectivity index (χ3v) is 4.15. The molecule has 1 fully saturated rings. The molecule has 0 aromatic rings. The summed E-state index contributed by atoms with van der Waals surface area (Å²) in [6.07, 6.45) is 5.33. The van der Waals surface area contributed by atoms with Gasteiger partial charge in [-0.2, -0.15) is 5.26 Å². The smallest absolute Gasteiger partial charge is 0.106 e. The van der Waals surface area contributed by atoms with Gasteiger partial charge in [0.15, 0.2) is 0 Å². The molecule has 0 radical (unpaired) electrons. The second-order valence-corrected chi connectivity index (χ2v) is 5.85. The van der Waals surface area contributed by atoms with E-state index < -0.39 is 0 Å². The van der Waals surface area contributed by atoms with Crippen LogP contribution in [0.4, 0.5) is 0 Å². The Morgan fingerprint density at radius 1 is 1.53 bits per heavy atom. The van der Waals surface area contributed by atoms with Crippen LogP contribution in [0.1, 0.15) is 46.0 Å². The Morgan fingerprint density at radius 2 is 2.21 bits per heavy atom. The number of nitrogens with one attached hydrogen (secondary N) is 1. The largest absolute Gasteiger partial charge is 0.383 e. The quantitative estimate of drug-likeness (QED) is 0.659. The van der Waals surface area contributed by atoms with E-state index in [2.05, 4.69) is 37.2 Å². The normalized spacial score (nSPS) is 20.0. The maximum atomic E-state index is 9.47. The van der Waals surface area contributed by atoms with Crippen LogP contribution in [0.5, 0.6) is 0 Å². The number of hydrogen-bond donors (Lipinski definition) is 1. The zero-order valence-electron chi connectivity index (χ0n) is 12.9. The van der Waals surface area contributed by atoms with Gasteiger partial charge >= 0.3 is 0 Å². The van der Waals surface area contributed by atoms with Crippen molar-refractivity contribution in [2.45, 2.75) is 63.6 Å². The van der Waals surface area contributed by atoms with Gasteiger partial charge in [0.1, 0.15) is 5.54 Å². The van der Waals surface area contributed by atoms with Crippen LogP contribution >= 0.6 is 0 Å². The van der Waals surface area contributed by atoms with Gasteiger partial charge in [0.2, 0.25) is 0 Å². The fourth-order valence-electron chi connectivity index (χ4n) is 2.36. The van der Waals surface area contributed by atoms with Gasteiger partial charge in [-0.3, -0.25) is 5.32 Å². The third kappa shape index (κ3) is 5.48. The molecule has 0 spiro atoms. The summed E-state index contributed by atoms with van der Waals surface area (Å²) in [5.74, 6) is 0. The molecule has 1 rings (SSSR count). The molecule has 2 unspecified atom stereocenters. The number of nitriles is 1. The molecule has 1 aliphatic rings. The number of hydrogen-bond acceptors (Lipinski definition) is 4. The van der Waals surface area contributed by atoms with Crippen molar-refractivity contribution >= 4 is 0 Å². The lowest BCUT2D eigenvalue weighted by atomic mass is 9.91. The Hall–Kier alpha value is -0.630. The van der Waals surface area contributed by atoms with Crippen molar-refractivity contribution in [3.05, 3.63) is 0 Å². The number of ether oxygens (including phenoxy) is 1. The van der Waals surface area contributed by atoms with E-state index in [9.17, 15) is 5.26 Å². The van der Waals surface area contributed by atoms with E-state index in [1.165, 1.54) is 12.8 Å². The van der Waals surface area contributed by atoms with Crippen molar-refractivity contribution in [2.75, 3.05) is 27.3 Å². The highest BCUT2D eigenvalue weighted by molar-refractivity contribution is 5.09. The van der Waals surface area contributed by atoms with Crippen molar-refractivity contribution in [3.63, 3.8) is 0 Å². The molecule has 1 N–H and O–H groups in total. The third-order valence-electron chi connectivity index (χ3n) is 4.15. The molecule has 110 valence electrons. The Morgan fingerprint density at radius 3 is 2.68 bits per heavy atom. The molecular weight excluding hydrogens is 238 g/mol. The lowest BCUT2D eigenvalue weighted by Gasteiger charge is -2.29.